The fraction of sp³-hybridized carbons (Fsp3) is 0.800. The summed E-state index contributed by atoms with van der Waals surface area (Å²) in [6.45, 7) is 11.8. The Morgan fingerprint density at radius 1 is 1.35 bits per heavy atom. The standard InChI is InChI=1S/C15H29N3OS/c1-11-14(9-16-13(7-8-19)10-20-6)12(2)18(17-11)15(3,4)5/h13,16,19H,7-10H2,1-6H3. The largest absolute Gasteiger partial charge is 0.396 e. The molecule has 0 aliphatic heterocycles. The molecule has 0 aromatic carbocycles. The van der Waals surface area contributed by atoms with Crippen LogP contribution in [0, 0.1) is 13.8 Å². The third kappa shape index (κ3) is 4.50. The highest BCUT2D eigenvalue weighted by Gasteiger charge is 2.21. The first-order valence-electron chi connectivity index (χ1n) is 7.20. The lowest BCUT2D eigenvalue weighted by molar-refractivity contribution is 0.269. The van der Waals surface area contributed by atoms with Crippen molar-refractivity contribution in [2.75, 3.05) is 18.6 Å². The maximum Gasteiger partial charge on any atom is 0.0641 e. The van der Waals surface area contributed by atoms with Gasteiger partial charge >= 0.3 is 0 Å². The Labute approximate surface area is 127 Å². The van der Waals surface area contributed by atoms with Gasteiger partial charge in [-0.1, -0.05) is 0 Å². The van der Waals surface area contributed by atoms with Crippen LogP contribution in [0.3, 0.4) is 0 Å². The van der Waals surface area contributed by atoms with Gasteiger partial charge < -0.3 is 10.4 Å². The van der Waals surface area contributed by atoms with E-state index in [1.807, 2.05) is 11.8 Å². The molecule has 0 saturated carbocycles. The molecule has 1 aromatic rings. The van der Waals surface area contributed by atoms with Gasteiger partial charge in [-0.15, -0.1) is 0 Å². The Bertz CT molecular complexity index is 417. The van der Waals surface area contributed by atoms with Crippen molar-refractivity contribution >= 4 is 11.8 Å². The average molecular weight is 299 g/mol. The number of rotatable bonds is 7. The Hall–Kier alpha value is -0.520. The van der Waals surface area contributed by atoms with Crippen LogP contribution in [-0.2, 0) is 12.1 Å². The van der Waals surface area contributed by atoms with Gasteiger partial charge in [0.15, 0.2) is 0 Å². The van der Waals surface area contributed by atoms with Crippen molar-refractivity contribution in [3.63, 3.8) is 0 Å². The highest BCUT2D eigenvalue weighted by Crippen LogP contribution is 2.21. The quantitative estimate of drug-likeness (QED) is 0.812. The normalized spacial score (nSPS) is 13.8. The number of nitrogens with one attached hydrogen (secondary N) is 1. The van der Waals surface area contributed by atoms with Crippen LogP contribution < -0.4 is 5.32 Å². The molecule has 0 amide bonds. The van der Waals surface area contributed by atoms with E-state index < -0.39 is 0 Å². The van der Waals surface area contributed by atoms with Crippen LogP contribution in [-0.4, -0.2) is 39.5 Å². The molecule has 1 aromatic heterocycles. The molecule has 0 radical (unpaired) electrons. The van der Waals surface area contributed by atoms with Crippen LogP contribution in [0.1, 0.15) is 44.1 Å². The van der Waals surface area contributed by atoms with Crippen molar-refractivity contribution in [2.24, 2.45) is 0 Å². The lowest BCUT2D eigenvalue weighted by Gasteiger charge is -2.22. The molecule has 4 nitrogen and oxygen atoms in total. The molecule has 1 heterocycles. The zero-order chi connectivity index (χ0) is 15.3. The number of aryl methyl sites for hydroxylation is 1. The van der Waals surface area contributed by atoms with E-state index in [4.69, 9.17) is 5.11 Å². The van der Waals surface area contributed by atoms with Crippen LogP contribution in [0.2, 0.25) is 0 Å². The summed E-state index contributed by atoms with van der Waals surface area (Å²) in [5.74, 6) is 1.02. The second kappa shape index (κ2) is 7.48. The molecular weight excluding hydrogens is 270 g/mol. The lowest BCUT2D eigenvalue weighted by Crippen LogP contribution is -2.32. The molecule has 0 aliphatic rings. The van der Waals surface area contributed by atoms with E-state index in [9.17, 15) is 0 Å². The maximum absolute atomic E-state index is 9.11. The first kappa shape index (κ1) is 17.5. The first-order valence-corrected chi connectivity index (χ1v) is 8.59. The minimum atomic E-state index is 0.0108. The van der Waals surface area contributed by atoms with E-state index in [2.05, 4.69) is 56.0 Å². The minimum absolute atomic E-state index is 0.0108. The van der Waals surface area contributed by atoms with E-state index in [-0.39, 0.29) is 12.1 Å². The number of aliphatic hydroxyl groups is 1. The molecule has 2 N–H and O–H groups in total. The number of aromatic nitrogens is 2. The summed E-state index contributed by atoms with van der Waals surface area (Å²) in [4.78, 5) is 0. The number of hydrogen-bond donors (Lipinski definition) is 2. The second-order valence-corrected chi connectivity index (χ2v) is 7.19. The molecule has 20 heavy (non-hydrogen) atoms. The summed E-state index contributed by atoms with van der Waals surface area (Å²) in [6, 6.07) is 0.354. The Morgan fingerprint density at radius 3 is 2.45 bits per heavy atom. The van der Waals surface area contributed by atoms with Crippen LogP contribution in [0.25, 0.3) is 0 Å². The van der Waals surface area contributed by atoms with Gasteiger partial charge in [0.05, 0.1) is 11.2 Å². The molecule has 1 atom stereocenters. The molecule has 0 spiro atoms. The first-order chi connectivity index (χ1) is 9.31. The van der Waals surface area contributed by atoms with Gasteiger partial charge in [0.25, 0.3) is 0 Å². The number of aliphatic hydroxyl groups excluding tert-OH is 1. The fourth-order valence-electron chi connectivity index (χ4n) is 2.43. The molecule has 0 fully saturated rings. The third-order valence-corrected chi connectivity index (χ3v) is 4.23. The third-order valence-electron chi connectivity index (χ3n) is 3.49. The minimum Gasteiger partial charge on any atom is -0.396 e. The van der Waals surface area contributed by atoms with Crippen LogP contribution in [0.4, 0.5) is 0 Å². The zero-order valence-corrected chi connectivity index (χ0v) is 14.5. The summed E-state index contributed by atoms with van der Waals surface area (Å²) >= 11 is 1.81. The van der Waals surface area contributed by atoms with Crippen molar-refractivity contribution in [3.05, 3.63) is 17.0 Å². The molecule has 0 saturated heterocycles. The fourth-order valence-corrected chi connectivity index (χ4v) is 3.12. The summed E-state index contributed by atoms with van der Waals surface area (Å²) in [6.07, 6.45) is 2.90. The Balaban J connectivity index is 2.80. The summed E-state index contributed by atoms with van der Waals surface area (Å²) in [5.41, 5.74) is 3.62. The van der Waals surface area contributed by atoms with Gasteiger partial charge in [0, 0.05) is 36.2 Å². The summed E-state index contributed by atoms with van der Waals surface area (Å²) in [7, 11) is 0. The van der Waals surface area contributed by atoms with Crippen molar-refractivity contribution in [2.45, 2.75) is 59.2 Å². The van der Waals surface area contributed by atoms with E-state index in [1.54, 1.807) is 0 Å². The smallest absolute Gasteiger partial charge is 0.0641 e. The van der Waals surface area contributed by atoms with E-state index in [0.29, 0.717) is 6.04 Å². The highest BCUT2D eigenvalue weighted by molar-refractivity contribution is 7.98. The van der Waals surface area contributed by atoms with Crippen molar-refractivity contribution in [1.82, 2.24) is 15.1 Å². The summed E-state index contributed by atoms with van der Waals surface area (Å²) < 4.78 is 2.11. The zero-order valence-electron chi connectivity index (χ0n) is 13.7. The number of hydrogen-bond acceptors (Lipinski definition) is 4. The van der Waals surface area contributed by atoms with Gasteiger partial charge in [-0.3, -0.25) is 4.68 Å². The Morgan fingerprint density at radius 2 is 2.00 bits per heavy atom. The lowest BCUT2D eigenvalue weighted by atomic mass is 10.1. The van der Waals surface area contributed by atoms with E-state index in [0.717, 1.165) is 24.4 Å². The topological polar surface area (TPSA) is 50.1 Å². The van der Waals surface area contributed by atoms with Gasteiger partial charge in [0.2, 0.25) is 0 Å². The predicted molar refractivity (Wildman–Crippen MR) is 87.4 cm³/mol. The van der Waals surface area contributed by atoms with Crippen LogP contribution in [0.5, 0.6) is 0 Å². The van der Waals surface area contributed by atoms with Crippen LogP contribution in [0.15, 0.2) is 0 Å². The molecule has 0 aliphatic carbocycles. The van der Waals surface area contributed by atoms with Gasteiger partial charge in [0.1, 0.15) is 0 Å². The SMILES string of the molecule is CSCC(CCO)NCc1c(C)nn(C(C)(C)C)c1C. The van der Waals surface area contributed by atoms with E-state index in [1.165, 1.54) is 11.3 Å². The van der Waals surface area contributed by atoms with Gasteiger partial charge in [-0.05, 0) is 47.3 Å². The molecule has 1 unspecified atom stereocenters. The van der Waals surface area contributed by atoms with Gasteiger partial charge in [-0.2, -0.15) is 16.9 Å². The average Bonchev–Trinajstić information content (AvgIpc) is 2.63. The maximum atomic E-state index is 9.11. The number of nitrogens with zero attached hydrogens (tertiary/aromatic N) is 2. The van der Waals surface area contributed by atoms with Crippen molar-refractivity contribution in [3.8, 4) is 0 Å². The highest BCUT2D eigenvalue weighted by atomic mass is 32.2. The molecule has 0 bridgehead atoms. The number of thioether (sulfide) groups is 1. The van der Waals surface area contributed by atoms with Crippen LogP contribution >= 0.6 is 11.8 Å². The summed E-state index contributed by atoms with van der Waals surface area (Å²) in [5, 5.41) is 17.3. The van der Waals surface area contributed by atoms with E-state index >= 15 is 0 Å². The van der Waals surface area contributed by atoms with Crippen molar-refractivity contribution in [1.29, 1.82) is 0 Å². The molecule has 1 rings (SSSR count). The van der Waals surface area contributed by atoms with Gasteiger partial charge in [-0.25, -0.2) is 0 Å². The monoisotopic (exact) mass is 299 g/mol. The Kier molecular flexibility index (Phi) is 6.55. The molecule has 5 heteroatoms. The molecular formula is C15H29N3OS. The molecule has 116 valence electrons. The second-order valence-electron chi connectivity index (χ2n) is 6.28. The predicted octanol–water partition coefficient (Wildman–Crippen LogP) is 2.46. The van der Waals surface area contributed by atoms with Crippen molar-refractivity contribution < 1.29 is 5.11 Å².